The van der Waals surface area contributed by atoms with Gasteiger partial charge in [0.2, 0.25) is 5.95 Å². The molecule has 6 heteroatoms. The summed E-state index contributed by atoms with van der Waals surface area (Å²) in [5.74, 6) is 0.360. The Morgan fingerprint density at radius 3 is 3.00 bits per heavy atom. The van der Waals surface area contributed by atoms with Crippen LogP contribution in [0.25, 0.3) is 22.2 Å². The van der Waals surface area contributed by atoms with Crippen molar-refractivity contribution in [1.29, 1.82) is 0 Å². The summed E-state index contributed by atoms with van der Waals surface area (Å²) < 4.78 is 13.9. The molecule has 1 fully saturated rings. The van der Waals surface area contributed by atoms with E-state index >= 15 is 0 Å². The lowest BCUT2D eigenvalue weighted by Gasteiger charge is -2.36. The zero-order valence-corrected chi connectivity index (χ0v) is 14.4. The number of anilines is 1. The lowest BCUT2D eigenvalue weighted by molar-refractivity contribution is 0.286. The molecule has 3 aromatic rings. The van der Waals surface area contributed by atoms with Crippen LogP contribution >= 0.6 is 0 Å². The van der Waals surface area contributed by atoms with Crippen LogP contribution < -0.4 is 10.6 Å². The van der Waals surface area contributed by atoms with Crippen molar-refractivity contribution in [2.24, 2.45) is 0 Å². The van der Waals surface area contributed by atoms with Crippen LogP contribution in [0.4, 0.5) is 10.3 Å². The average Bonchev–Trinajstić information content (AvgIpc) is 3.00. The highest BCUT2D eigenvalue weighted by atomic mass is 19.1. The molecule has 0 aliphatic carbocycles. The third kappa shape index (κ3) is 3.22. The number of H-pyrrole nitrogens is 1. The van der Waals surface area contributed by atoms with Gasteiger partial charge < -0.3 is 15.6 Å². The second-order valence-electron chi connectivity index (χ2n) is 7.27. The van der Waals surface area contributed by atoms with Crippen molar-refractivity contribution < 1.29 is 4.39 Å². The number of para-hydroxylation sites is 1. The highest BCUT2D eigenvalue weighted by molar-refractivity contribution is 5.94. The lowest BCUT2D eigenvalue weighted by Crippen LogP contribution is -2.50. The normalized spacial score (nSPS) is 19.9. The summed E-state index contributed by atoms with van der Waals surface area (Å²) in [5.41, 5.74) is 2.28. The first-order valence-corrected chi connectivity index (χ1v) is 8.62. The summed E-state index contributed by atoms with van der Waals surface area (Å²) in [7, 11) is 0. The highest BCUT2D eigenvalue weighted by Crippen LogP contribution is 2.29. The second kappa shape index (κ2) is 6.11. The summed E-state index contributed by atoms with van der Waals surface area (Å²) in [6.45, 7) is 5.39. The van der Waals surface area contributed by atoms with Gasteiger partial charge in [-0.15, -0.1) is 0 Å². The van der Waals surface area contributed by atoms with E-state index in [0.717, 1.165) is 36.0 Å². The summed E-state index contributed by atoms with van der Waals surface area (Å²) in [6, 6.07) is 7.26. The topological polar surface area (TPSA) is 65.6 Å². The molecule has 0 amide bonds. The van der Waals surface area contributed by atoms with E-state index in [1.54, 1.807) is 18.5 Å². The molecule has 1 unspecified atom stereocenters. The van der Waals surface area contributed by atoms with Crippen LogP contribution in [0.15, 0.2) is 36.7 Å². The van der Waals surface area contributed by atoms with Crippen molar-refractivity contribution in [1.82, 2.24) is 20.3 Å². The van der Waals surface area contributed by atoms with Crippen molar-refractivity contribution >= 4 is 16.9 Å². The average molecular weight is 339 g/mol. The van der Waals surface area contributed by atoms with Gasteiger partial charge in [0.05, 0.1) is 11.2 Å². The van der Waals surface area contributed by atoms with Gasteiger partial charge in [0.15, 0.2) is 0 Å². The van der Waals surface area contributed by atoms with Gasteiger partial charge >= 0.3 is 0 Å². The molecule has 1 aliphatic rings. The molecule has 4 rings (SSSR count). The van der Waals surface area contributed by atoms with Gasteiger partial charge in [-0.1, -0.05) is 12.1 Å². The molecule has 130 valence electrons. The van der Waals surface area contributed by atoms with Crippen LogP contribution in [-0.2, 0) is 0 Å². The smallest absolute Gasteiger partial charge is 0.223 e. The van der Waals surface area contributed by atoms with Crippen LogP contribution in [0.3, 0.4) is 0 Å². The summed E-state index contributed by atoms with van der Waals surface area (Å²) >= 11 is 0. The number of nitrogens with zero attached hydrogens (tertiary/aromatic N) is 2. The molecule has 0 bridgehead atoms. The summed E-state index contributed by atoms with van der Waals surface area (Å²) in [6.07, 6.45) is 5.59. The molecule has 2 aromatic heterocycles. The Hall–Kier alpha value is -2.47. The number of aromatic nitrogens is 3. The predicted octanol–water partition coefficient (Wildman–Crippen LogP) is 3.71. The van der Waals surface area contributed by atoms with Gasteiger partial charge in [-0.05, 0) is 45.4 Å². The molecule has 0 saturated carbocycles. The number of piperidine rings is 1. The number of hydrogen-bond donors (Lipinski definition) is 3. The number of halogens is 1. The number of rotatable bonds is 3. The molecule has 1 saturated heterocycles. The van der Waals surface area contributed by atoms with Gasteiger partial charge in [-0.3, -0.25) is 0 Å². The fourth-order valence-corrected chi connectivity index (χ4v) is 3.59. The van der Waals surface area contributed by atoms with E-state index in [9.17, 15) is 4.39 Å². The van der Waals surface area contributed by atoms with Gasteiger partial charge in [-0.25, -0.2) is 14.4 Å². The first-order chi connectivity index (χ1) is 12.0. The van der Waals surface area contributed by atoms with Crippen molar-refractivity contribution in [2.45, 2.75) is 38.3 Å². The van der Waals surface area contributed by atoms with Crippen molar-refractivity contribution in [2.75, 3.05) is 11.9 Å². The van der Waals surface area contributed by atoms with Gasteiger partial charge in [0.25, 0.3) is 0 Å². The molecule has 5 nitrogen and oxygen atoms in total. The van der Waals surface area contributed by atoms with E-state index in [2.05, 4.69) is 39.4 Å². The predicted molar refractivity (Wildman–Crippen MR) is 98.0 cm³/mol. The fraction of sp³-hybridized carbons (Fsp3) is 0.368. The monoisotopic (exact) mass is 339 g/mol. The van der Waals surface area contributed by atoms with Gasteiger partial charge in [-0.2, -0.15) is 0 Å². The molecule has 3 heterocycles. The Bertz CT molecular complexity index is 902. The van der Waals surface area contributed by atoms with E-state index in [1.165, 1.54) is 6.07 Å². The second-order valence-corrected chi connectivity index (χ2v) is 7.27. The third-order valence-corrected chi connectivity index (χ3v) is 4.78. The Morgan fingerprint density at radius 2 is 2.16 bits per heavy atom. The minimum atomic E-state index is -0.256. The number of fused-ring (bicyclic) bond motifs is 1. The fourth-order valence-electron chi connectivity index (χ4n) is 3.59. The lowest BCUT2D eigenvalue weighted by atomic mass is 9.89. The first kappa shape index (κ1) is 16.0. The van der Waals surface area contributed by atoms with Crippen molar-refractivity contribution in [3.05, 3.63) is 42.5 Å². The molecule has 25 heavy (non-hydrogen) atoms. The van der Waals surface area contributed by atoms with Crippen molar-refractivity contribution in [3.8, 4) is 11.3 Å². The Balaban J connectivity index is 1.62. The quantitative estimate of drug-likeness (QED) is 0.681. The maximum Gasteiger partial charge on any atom is 0.223 e. The molecule has 1 atom stereocenters. The van der Waals surface area contributed by atoms with Crippen molar-refractivity contribution in [3.63, 3.8) is 0 Å². The Kier molecular flexibility index (Phi) is 3.92. The largest absolute Gasteiger partial charge is 0.358 e. The molecule has 1 aliphatic heterocycles. The Morgan fingerprint density at radius 1 is 1.28 bits per heavy atom. The maximum absolute atomic E-state index is 13.9. The highest BCUT2D eigenvalue weighted by Gasteiger charge is 2.27. The van der Waals surface area contributed by atoms with Crippen LogP contribution in [-0.4, -0.2) is 33.1 Å². The van der Waals surface area contributed by atoms with Crippen LogP contribution in [0.1, 0.15) is 26.7 Å². The number of benzene rings is 1. The molecular weight excluding hydrogens is 317 g/mol. The van der Waals surface area contributed by atoms with Crippen LogP contribution in [0.2, 0.25) is 0 Å². The van der Waals surface area contributed by atoms with E-state index in [1.807, 2.05) is 12.1 Å². The number of hydrogen-bond acceptors (Lipinski definition) is 4. The SMILES string of the molecule is CC1(C)CC(Nc2nccc(-c3c[nH]c4c(F)cccc34)n2)CCN1. The summed E-state index contributed by atoms with van der Waals surface area (Å²) in [5, 5.41) is 7.79. The van der Waals surface area contributed by atoms with Gasteiger partial charge in [0.1, 0.15) is 5.82 Å². The Labute approximate surface area is 146 Å². The molecule has 3 N–H and O–H groups in total. The van der Waals surface area contributed by atoms with Crippen LogP contribution in [0.5, 0.6) is 0 Å². The number of aromatic amines is 1. The minimum Gasteiger partial charge on any atom is -0.358 e. The van der Waals surface area contributed by atoms with Crippen LogP contribution in [0, 0.1) is 5.82 Å². The molecule has 0 spiro atoms. The van der Waals surface area contributed by atoms with E-state index in [-0.39, 0.29) is 11.4 Å². The molecule has 0 radical (unpaired) electrons. The van der Waals surface area contributed by atoms with E-state index in [0.29, 0.717) is 17.5 Å². The standard InChI is InChI=1S/C19H22FN5/c1-19(2)10-12(6-9-23-19)24-18-21-8-7-16(25-18)14-11-22-17-13(14)4-3-5-15(17)20/h3-5,7-8,11-12,22-23H,6,9-10H2,1-2H3,(H,21,24,25). The zero-order chi connectivity index (χ0) is 17.4. The van der Waals surface area contributed by atoms with E-state index in [4.69, 9.17) is 0 Å². The zero-order valence-electron chi connectivity index (χ0n) is 14.4. The first-order valence-electron chi connectivity index (χ1n) is 8.62. The molecular formula is C19H22FN5. The minimum absolute atomic E-state index is 0.113. The maximum atomic E-state index is 13.9. The van der Waals surface area contributed by atoms with Gasteiger partial charge in [0, 0.05) is 34.9 Å². The summed E-state index contributed by atoms with van der Waals surface area (Å²) in [4.78, 5) is 12.0. The van der Waals surface area contributed by atoms with E-state index < -0.39 is 0 Å². The third-order valence-electron chi connectivity index (χ3n) is 4.78. The number of nitrogens with one attached hydrogen (secondary N) is 3. The molecule has 1 aromatic carbocycles.